The van der Waals surface area contributed by atoms with Crippen LogP contribution in [0, 0.1) is 35.9 Å². The van der Waals surface area contributed by atoms with E-state index < -0.39 is 10.2 Å². The SMILES string of the molecule is Cc1cc2c(cnn2-c2ccc(F)cc2)cc1[C@]12CN(S(=O)(=O)N3CC(C#N)C3)C[C@H]1[C@@H]2c1ccccc1. The van der Waals surface area contributed by atoms with E-state index in [1.807, 2.05) is 29.1 Å². The standard InChI is InChI=1S/C29H26FN5O2S/c1-19-11-27-22(14-32-35(27)24-9-7-23(30)8-10-24)12-25(19)29-18-34(38(36,37)33-15-20(13-31)16-33)17-26(29)28(29)21-5-3-2-4-6-21/h2-12,14,20,26,28H,15-18H2,1H3/t26-,28-,29+/m0/s1. The van der Waals surface area contributed by atoms with Gasteiger partial charge in [-0.3, -0.25) is 0 Å². The molecule has 0 amide bonds. The van der Waals surface area contributed by atoms with Crippen molar-refractivity contribution in [1.29, 1.82) is 5.26 Å². The van der Waals surface area contributed by atoms with Gasteiger partial charge in [0.2, 0.25) is 0 Å². The first-order valence-electron chi connectivity index (χ1n) is 12.8. The number of hydrogen-bond acceptors (Lipinski definition) is 4. The van der Waals surface area contributed by atoms with E-state index in [1.54, 1.807) is 16.4 Å². The van der Waals surface area contributed by atoms with Gasteiger partial charge in [-0.05, 0) is 65.9 Å². The van der Waals surface area contributed by atoms with Crippen LogP contribution in [0.4, 0.5) is 4.39 Å². The molecular formula is C29H26FN5O2S. The molecule has 3 aliphatic rings. The molecule has 1 aliphatic carbocycles. The smallest absolute Gasteiger partial charge is 0.233 e. The molecule has 4 aromatic rings. The van der Waals surface area contributed by atoms with E-state index in [0.29, 0.717) is 13.1 Å². The molecular weight excluding hydrogens is 501 g/mol. The predicted octanol–water partition coefficient (Wildman–Crippen LogP) is 4.14. The van der Waals surface area contributed by atoms with Crippen molar-refractivity contribution in [2.24, 2.45) is 11.8 Å². The zero-order chi connectivity index (χ0) is 26.2. The summed E-state index contributed by atoms with van der Waals surface area (Å²) in [6.07, 6.45) is 1.82. The maximum absolute atomic E-state index is 13.5. The van der Waals surface area contributed by atoms with E-state index in [2.05, 4.69) is 42.4 Å². The Morgan fingerprint density at radius 2 is 1.76 bits per heavy atom. The minimum Gasteiger partial charge on any atom is -0.233 e. The van der Waals surface area contributed by atoms with E-state index in [9.17, 15) is 12.8 Å². The number of nitriles is 1. The second-order valence-electron chi connectivity index (χ2n) is 10.7. The van der Waals surface area contributed by atoms with Crippen LogP contribution in [0.2, 0.25) is 0 Å². The molecule has 0 N–H and O–H groups in total. The Morgan fingerprint density at radius 3 is 2.47 bits per heavy atom. The van der Waals surface area contributed by atoms with Crippen LogP contribution in [0.3, 0.4) is 0 Å². The van der Waals surface area contributed by atoms with Gasteiger partial charge in [0.05, 0.1) is 29.4 Å². The van der Waals surface area contributed by atoms with Gasteiger partial charge >= 0.3 is 0 Å². The molecule has 3 heterocycles. The van der Waals surface area contributed by atoms with Gasteiger partial charge in [0.15, 0.2) is 0 Å². The minimum atomic E-state index is -3.62. The molecule has 0 bridgehead atoms. The largest absolute Gasteiger partial charge is 0.282 e. The summed E-state index contributed by atoms with van der Waals surface area (Å²) in [7, 11) is -3.62. The van der Waals surface area contributed by atoms with Crippen LogP contribution in [0.5, 0.6) is 0 Å². The van der Waals surface area contributed by atoms with Crippen LogP contribution in [0.15, 0.2) is 72.9 Å². The molecule has 192 valence electrons. The van der Waals surface area contributed by atoms with Crippen LogP contribution in [0.25, 0.3) is 16.6 Å². The van der Waals surface area contributed by atoms with Gasteiger partial charge in [-0.2, -0.15) is 27.4 Å². The number of hydrogen-bond donors (Lipinski definition) is 0. The van der Waals surface area contributed by atoms with Crippen molar-refractivity contribution in [1.82, 2.24) is 18.4 Å². The zero-order valence-electron chi connectivity index (χ0n) is 20.8. The number of benzene rings is 3. The van der Waals surface area contributed by atoms with Crippen LogP contribution in [-0.2, 0) is 15.6 Å². The number of nitrogens with zero attached hydrogens (tertiary/aromatic N) is 5. The van der Waals surface area contributed by atoms with Crippen LogP contribution >= 0.6 is 0 Å². The van der Waals surface area contributed by atoms with Crippen molar-refractivity contribution in [2.45, 2.75) is 18.3 Å². The molecule has 3 atom stereocenters. The van der Waals surface area contributed by atoms with Gasteiger partial charge in [-0.25, -0.2) is 9.07 Å². The lowest BCUT2D eigenvalue weighted by Gasteiger charge is -2.37. The lowest BCUT2D eigenvalue weighted by molar-refractivity contribution is 0.227. The van der Waals surface area contributed by atoms with Crippen LogP contribution in [-0.4, -0.2) is 53.0 Å². The van der Waals surface area contributed by atoms with Crippen LogP contribution in [0.1, 0.15) is 22.6 Å². The maximum Gasteiger partial charge on any atom is 0.282 e. The summed E-state index contributed by atoms with van der Waals surface area (Å²) in [5, 5.41) is 14.7. The molecule has 0 unspecified atom stereocenters. The van der Waals surface area contributed by atoms with E-state index in [-0.39, 0.29) is 42.1 Å². The molecule has 9 heteroatoms. The third-order valence-electron chi connectivity index (χ3n) is 8.68. The molecule has 7 nitrogen and oxygen atoms in total. The van der Waals surface area contributed by atoms with Crippen molar-refractivity contribution >= 4 is 21.1 Å². The first kappa shape index (κ1) is 23.5. The molecule has 3 aromatic carbocycles. The lowest BCUT2D eigenvalue weighted by atomic mass is 9.87. The number of halogens is 1. The third-order valence-corrected chi connectivity index (χ3v) is 10.6. The fraction of sp³-hybridized carbons (Fsp3) is 0.310. The highest BCUT2D eigenvalue weighted by Crippen LogP contribution is 2.70. The monoisotopic (exact) mass is 527 g/mol. The number of rotatable bonds is 5. The summed E-state index contributed by atoms with van der Waals surface area (Å²) in [5.41, 5.74) is 4.83. The topological polar surface area (TPSA) is 82.2 Å². The number of aryl methyl sites for hydroxylation is 1. The van der Waals surface area contributed by atoms with Gasteiger partial charge in [-0.1, -0.05) is 30.3 Å². The predicted molar refractivity (Wildman–Crippen MR) is 141 cm³/mol. The second-order valence-corrected chi connectivity index (χ2v) is 12.7. The molecule has 38 heavy (non-hydrogen) atoms. The average molecular weight is 528 g/mol. The number of piperidine rings is 1. The summed E-state index contributed by atoms with van der Waals surface area (Å²) in [4.78, 5) is 0. The fourth-order valence-corrected chi connectivity index (χ4v) is 8.52. The Morgan fingerprint density at radius 1 is 1.03 bits per heavy atom. The van der Waals surface area contributed by atoms with Gasteiger partial charge in [-0.15, -0.1) is 0 Å². The Bertz CT molecular complexity index is 1710. The first-order valence-corrected chi connectivity index (χ1v) is 14.2. The molecule has 0 radical (unpaired) electrons. The quantitative estimate of drug-likeness (QED) is 0.391. The van der Waals surface area contributed by atoms with Gasteiger partial charge < -0.3 is 0 Å². The van der Waals surface area contributed by atoms with Crippen molar-refractivity contribution in [3.8, 4) is 11.8 Å². The van der Waals surface area contributed by atoms with Crippen LogP contribution < -0.4 is 0 Å². The van der Waals surface area contributed by atoms with Crippen molar-refractivity contribution in [3.05, 3.63) is 95.4 Å². The summed E-state index contributed by atoms with van der Waals surface area (Å²) in [5.74, 6) is -0.135. The highest BCUT2D eigenvalue weighted by molar-refractivity contribution is 7.86. The number of aromatic nitrogens is 2. The molecule has 2 aliphatic heterocycles. The van der Waals surface area contributed by atoms with Crippen molar-refractivity contribution < 1.29 is 12.8 Å². The molecule has 0 spiro atoms. The van der Waals surface area contributed by atoms with Crippen molar-refractivity contribution in [3.63, 3.8) is 0 Å². The first-order chi connectivity index (χ1) is 18.3. The summed E-state index contributed by atoms with van der Waals surface area (Å²) in [6.45, 7) is 3.48. The van der Waals surface area contributed by atoms with E-state index >= 15 is 0 Å². The van der Waals surface area contributed by atoms with Gasteiger partial charge in [0.25, 0.3) is 10.2 Å². The Hall–Kier alpha value is -3.58. The normalized spacial score (nSPS) is 25.7. The van der Waals surface area contributed by atoms with Crippen molar-refractivity contribution in [2.75, 3.05) is 26.2 Å². The Kier molecular flexibility index (Phi) is 5.08. The lowest BCUT2D eigenvalue weighted by Crippen LogP contribution is -2.55. The summed E-state index contributed by atoms with van der Waals surface area (Å²) < 4.78 is 45.2. The van der Waals surface area contributed by atoms with E-state index in [0.717, 1.165) is 27.7 Å². The van der Waals surface area contributed by atoms with E-state index in [4.69, 9.17) is 5.26 Å². The minimum absolute atomic E-state index is 0.163. The number of fused-ring (bicyclic) bond motifs is 2. The zero-order valence-corrected chi connectivity index (χ0v) is 21.6. The summed E-state index contributed by atoms with van der Waals surface area (Å²) >= 11 is 0. The Labute approximate surface area is 220 Å². The Balaban J connectivity index is 1.29. The molecule has 3 fully saturated rings. The third kappa shape index (κ3) is 3.30. The molecule has 1 aromatic heterocycles. The maximum atomic E-state index is 13.5. The highest BCUT2D eigenvalue weighted by Gasteiger charge is 2.72. The average Bonchev–Trinajstić information content (AvgIpc) is 3.15. The molecule has 2 saturated heterocycles. The van der Waals surface area contributed by atoms with Gasteiger partial charge in [0, 0.05) is 42.9 Å². The van der Waals surface area contributed by atoms with Gasteiger partial charge in [0.1, 0.15) is 5.82 Å². The molecule has 1 saturated carbocycles. The second kappa shape index (κ2) is 8.21. The fourth-order valence-electron chi connectivity index (χ4n) is 6.74. The highest BCUT2D eigenvalue weighted by atomic mass is 32.2. The van der Waals surface area contributed by atoms with E-state index in [1.165, 1.54) is 22.0 Å². The summed E-state index contributed by atoms with van der Waals surface area (Å²) in [6, 6.07) is 23.0. The molecule has 7 rings (SSSR count).